The Morgan fingerprint density at radius 3 is 1.84 bits per heavy atom. The summed E-state index contributed by atoms with van der Waals surface area (Å²) >= 11 is 0.0935. The van der Waals surface area contributed by atoms with Gasteiger partial charge in [0.25, 0.3) is 0 Å². The van der Waals surface area contributed by atoms with Gasteiger partial charge < -0.3 is 0 Å². The van der Waals surface area contributed by atoms with Crippen LogP contribution in [0.25, 0.3) is 86.8 Å². The van der Waals surface area contributed by atoms with E-state index in [9.17, 15) is 0 Å². The van der Waals surface area contributed by atoms with Crippen molar-refractivity contribution >= 4 is 57.0 Å². The predicted octanol–water partition coefficient (Wildman–Crippen LogP) is 9.20. The molecule has 0 radical (unpaired) electrons. The third-order valence-corrected chi connectivity index (χ3v) is 10.4. The van der Waals surface area contributed by atoms with Crippen LogP contribution < -0.4 is 0 Å². The standard InChI is InChI=1S/C38H22N4OSe/c1-3-9-24(10-4-1)35-40-36(42-37(41-35)27-17-19-29-28-13-7-8-14-32(28)43-33(29)22-27)26-16-15-23-18-20-31-34(30(23)21-26)44-38(39-31)25-11-5-2-6-12-25/h1-22H. The van der Waals surface area contributed by atoms with Crippen LogP contribution in [0.1, 0.15) is 0 Å². The Labute approximate surface area is 258 Å². The van der Waals surface area contributed by atoms with Gasteiger partial charge >= 0.3 is 235 Å². The molecular weight excluding hydrogens is 607 g/mol. The van der Waals surface area contributed by atoms with E-state index in [0.717, 1.165) is 48.7 Å². The molecule has 6 heteroatoms. The van der Waals surface area contributed by atoms with E-state index in [1.165, 1.54) is 20.6 Å². The summed E-state index contributed by atoms with van der Waals surface area (Å²) in [5, 5.41) is 4.55. The summed E-state index contributed by atoms with van der Waals surface area (Å²) in [7, 11) is 0. The molecule has 0 aliphatic carbocycles. The van der Waals surface area contributed by atoms with Gasteiger partial charge in [-0.15, -0.1) is 0 Å². The van der Waals surface area contributed by atoms with Crippen molar-refractivity contribution in [3.63, 3.8) is 0 Å². The maximum atomic E-state index is 6.20. The van der Waals surface area contributed by atoms with E-state index in [-0.39, 0.29) is 14.5 Å². The molecule has 0 unspecified atom stereocenters. The van der Waals surface area contributed by atoms with Crippen LogP contribution in [0.5, 0.6) is 0 Å². The van der Waals surface area contributed by atoms with Gasteiger partial charge in [-0.2, -0.15) is 0 Å². The van der Waals surface area contributed by atoms with E-state index in [0.29, 0.717) is 17.5 Å². The molecule has 0 bridgehead atoms. The molecule has 3 aromatic heterocycles. The summed E-state index contributed by atoms with van der Waals surface area (Å²) in [6, 6.07) is 45.6. The molecule has 0 N–H and O–H groups in total. The molecule has 44 heavy (non-hydrogen) atoms. The first-order valence-corrected chi connectivity index (χ1v) is 16.1. The third kappa shape index (κ3) is 4.23. The Bertz CT molecular complexity index is 2500. The Balaban J connectivity index is 1.22. The van der Waals surface area contributed by atoms with E-state index in [1.807, 2.05) is 60.7 Å². The monoisotopic (exact) mass is 630 g/mol. The van der Waals surface area contributed by atoms with Crippen molar-refractivity contribution in [2.24, 2.45) is 0 Å². The van der Waals surface area contributed by atoms with Gasteiger partial charge in [0, 0.05) is 0 Å². The number of rotatable bonds is 4. The molecule has 0 fully saturated rings. The molecule has 9 rings (SSSR count). The zero-order chi connectivity index (χ0) is 29.0. The first-order chi connectivity index (χ1) is 21.8. The quantitative estimate of drug-likeness (QED) is 0.182. The fourth-order valence-corrected chi connectivity index (χ4v) is 8.06. The van der Waals surface area contributed by atoms with Gasteiger partial charge in [-0.3, -0.25) is 0 Å². The second kappa shape index (κ2) is 10.1. The second-order valence-electron chi connectivity index (χ2n) is 10.7. The van der Waals surface area contributed by atoms with Gasteiger partial charge in [0.1, 0.15) is 0 Å². The van der Waals surface area contributed by atoms with Gasteiger partial charge in [-0.25, -0.2) is 0 Å². The normalized spacial score (nSPS) is 11.6. The van der Waals surface area contributed by atoms with Crippen molar-refractivity contribution in [2.75, 3.05) is 0 Å². The molecular formula is C38H22N4OSe. The van der Waals surface area contributed by atoms with Crippen LogP contribution in [-0.2, 0) is 0 Å². The average Bonchev–Trinajstić information content (AvgIpc) is 3.70. The molecule has 0 atom stereocenters. The molecule has 3 heterocycles. The topological polar surface area (TPSA) is 64.7 Å². The Morgan fingerprint density at radius 1 is 0.432 bits per heavy atom. The Morgan fingerprint density at radius 2 is 1.05 bits per heavy atom. The molecule has 0 spiro atoms. The predicted molar refractivity (Wildman–Crippen MR) is 179 cm³/mol. The molecule has 5 nitrogen and oxygen atoms in total. The summed E-state index contributed by atoms with van der Waals surface area (Å²) in [5.41, 5.74) is 6.67. The number of aromatic nitrogens is 4. The van der Waals surface area contributed by atoms with Crippen molar-refractivity contribution < 1.29 is 4.42 Å². The average molecular weight is 630 g/mol. The van der Waals surface area contributed by atoms with Crippen molar-refractivity contribution in [1.29, 1.82) is 0 Å². The van der Waals surface area contributed by atoms with Crippen molar-refractivity contribution in [2.45, 2.75) is 0 Å². The zero-order valence-corrected chi connectivity index (χ0v) is 25.0. The van der Waals surface area contributed by atoms with Crippen LogP contribution in [0.4, 0.5) is 0 Å². The SMILES string of the molecule is c1ccc(-c2nc(-c3ccc4c(c3)oc3ccccc34)nc(-c3ccc4ccc5nc(-c6ccccc6)[se]c5c4c3)n2)cc1. The summed E-state index contributed by atoms with van der Waals surface area (Å²) < 4.78 is 8.64. The van der Waals surface area contributed by atoms with Crippen LogP contribution in [-0.4, -0.2) is 34.4 Å². The van der Waals surface area contributed by atoms with Gasteiger partial charge in [-0.05, 0) is 6.07 Å². The first-order valence-electron chi connectivity index (χ1n) is 14.4. The second-order valence-corrected chi connectivity index (χ2v) is 12.8. The van der Waals surface area contributed by atoms with Crippen molar-refractivity contribution in [1.82, 2.24) is 19.9 Å². The van der Waals surface area contributed by atoms with Crippen LogP contribution in [0.15, 0.2) is 138 Å². The fraction of sp³-hybridized carbons (Fsp3) is 0. The van der Waals surface area contributed by atoms with Crippen molar-refractivity contribution in [3.8, 4) is 44.3 Å². The summed E-state index contributed by atoms with van der Waals surface area (Å²) in [6.45, 7) is 0. The Kier molecular flexibility index (Phi) is 5.76. The minimum absolute atomic E-state index is 0.0935. The summed E-state index contributed by atoms with van der Waals surface area (Å²) in [5.74, 6) is 1.87. The number of benzene rings is 6. The Hall–Kier alpha value is -5.42. The molecule has 6 aromatic carbocycles. The molecule has 206 valence electrons. The number of hydrogen-bond acceptors (Lipinski definition) is 5. The van der Waals surface area contributed by atoms with E-state index >= 15 is 0 Å². The molecule has 0 aliphatic rings. The fourth-order valence-electron chi connectivity index (χ4n) is 5.76. The van der Waals surface area contributed by atoms with Gasteiger partial charge in [0.05, 0.1) is 0 Å². The van der Waals surface area contributed by atoms with Gasteiger partial charge in [0.2, 0.25) is 0 Å². The molecule has 0 aliphatic heterocycles. The third-order valence-electron chi connectivity index (χ3n) is 7.96. The number of fused-ring (bicyclic) bond motifs is 6. The van der Waals surface area contributed by atoms with E-state index in [4.69, 9.17) is 24.4 Å². The van der Waals surface area contributed by atoms with Gasteiger partial charge in [-0.1, -0.05) is 18.2 Å². The summed E-state index contributed by atoms with van der Waals surface area (Å²) in [4.78, 5) is 20.0. The van der Waals surface area contributed by atoms with E-state index in [2.05, 4.69) is 72.8 Å². The molecule has 0 saturated carbocycles. The van der Waals surface area contributed by atoms with Crippen LogP contribution in [0.2, 0.25) is 0 Å². The number of furan rings is 1. The molecule has 0 amide bonds. The number of nitrogens with zero attached hydrogens (tertiary/aromatic N) is 4. The van der Waals surface area contributed by atoms with Crippen LogP contribution >= 0.6 is 0 Å². The van der Waals surface area contributed by atoms with Gasteiger partial charge in [0.15, 0.2) is 0 Å². The number of para-hydroxylation sites is 1. The van der Waals surface area contributed by atoms with Crippen molar-refractivity contribution in [3.05, 3.63) is 133 Å². The minimum atomic E-state index is 0.0935. The zero-order valence-electron chi connectivity index (χ0n) is 23.3. The van der Waals surface area contributed by atoms with Crippen LogP contribution in [0.3, 0.4) is 0 Å². The molecule has 0 saturated heterocycles. The van der Waals surface area contributed by atoms with E-state index in [1.54, 1.807) is 0 Å². The maximum absolute atomic E-state index is 6.20. The van der Waals surface area contributed by atoms with Crippen LogP contribution in [0, 0.1) is 0 Å². The van der Waals surface area contributed by atoms with E-state index < -0.39 is 0 Å². The molecule has 9 aromatic rings. The number of hydrogen-bond donors (Lipinski definition) is 0. The first kappa shape index (κ1) is 25.1. The summed E-state index contributed by atoms with van der Waals surface area (Å²) in [6.07, 6.45) is 0.